The molecule has 0 saturated carbocycles. The van der Waals surface area contributed by atoms with Gasteiger partial charge in [-0.25, -0.2) is 0 Å². The number of fused-ring (bicyclic) bond motifs is 1. The summed E-state index contributed by atoms with van der Waals surface area (Å²) in [4.78, 5) is 22.1. The molecule has 5 heteroatoms. The smallest absolute Gasteiger partial charge is 0.254 e. The van der Waals surface area contributed by atoms with Crippen LogP contribution in [0, 0.1) is 20.8 Å². The first-order chi connectivity index (χ1) is 12.7. The lowest BCUT2D eigenvalue weighted by atomic mass is 9.94. The number of likely N-dealkylation sites (N-methyl/N-ethyl adjacent to an activating group) is 1. The SMILES string of the molecule is Cc1ccc2nc(C)c(C)c(C(=O)N3CCCC(O)(CN(C)C)CC3)c2c1. The molecule has 0 bridgehead atoms. The fraction of sp³-hybridized carbons (Fsp3) is 0.545. The zero-order valence-electron chi connectivity index (χ0n) is 17.2. The number of hydrogen-bond acceptors (Lipinski definition) is 4. The van der Waals surface area contributed by atoms with E-state index in [0.29, 0.717) is 26.1 Å². The monoisotopic (exact) mass is 369 g/mol. The van der Waals surface area contributed by atoms with Gasteiger partial charge in [0.1, 0.15) is 0 Å². The Balaban J connectivity index is 1.94. The molecule has 1 aromatic carbocycles. The lowest BCUT2D eigenvalue weighted by Crippen LogP contribution is -2.41. The molecule has 2 aromatic rings. The molecule has 1 aromatic heterocycles. The van der Waals surface area contributed by atoms with Gasteiger partial charge in [-0.3, -0.25) is 9.78 Å². The minimum Gasteiger partial charge on any atom is -0.388 e. The summed E-state index contributed by atoms with van der Waals surface area (Å²) in [6, 6.07) is 6.08. The number of amides is 1. The summed E-state index contributed by atoms with van der Waals surface area (Å²) < 4.78 is 0. The minimum atomic E-state index is -0.722. The summed E-state index contributed by atoms with van der Waals surface area (Å²) in [6.07, 6.45) is 2.15. The van der Waals surface area contributed by atoms with Crippen molar-refractivity contribution in [3.63, 3.8) is 0 Å². The number of carbonyl (C=O) groups excluding carboxylic acids is 1. The molecule has 1 unspecified atom stereocenters. The van der Waals surface area contributed by atoms with Gasteiger partial charge in [-0.1, -0.05) is 11.6 Å². The predicted molar refractivity (Wildman–Crippen MR) is 109 cm³/mol. The minimum absolute atomic E-state index is 0.0581. The van der Waals surface area contributed by atoms with E-state index in [1.807, 2.05) is 56.8 Å². The molecule has 1 atom stereocenters. The molecule has 1 N–H and O–H groups in total. The summed E-state index contributed by atoms with van der Waals surface area (Å²) in [7, 11) is 3.95. The standard InChI is InChI=1S/C22H31N3O2/c1-15-7-8-19-18(13-15)20(16(2)17(3)23-19)21(26)25-11-6-9-22(27,10-12-25)14-24(4)5/h7-8,13,27H,6,9-12,14H2,1-5H3. The van der Waals surface area contributed by atoms with E-state index in [9.17, 15) is 9.90 Å². The van der Waals surface area contributed by atoms with Crippen molar-refractivity contribution in [1.82, 2.24) is 14.8 Å². The Bertz CT molecular complexity index is 862. The van der Waals surface area contributed by atoms with Crippen molar-refractivity contribution in [3.05, 3.63) is 40.6 Å². The number of hydrogen-bond donors (Lipinski definition) is 1. The Morgan fingerprint density at radius 2 is 1.96 bits per heavy atom. The van der Waals surface area contributed by atoms with E-state index >= 15 is 0 Å². The maximum atomic E-state index is 13.5. The van der Waals surface area contributed by atoms with Gasteiger partial charge in [0.2, 0.25) is 0 Å². The van der Waals surface area contributed by atoms with Crippen LogP contribution >= 0.6 is 0 Å². The zero-order chi connectivity index (χ0) is 19.8. The Kier molecular flexibility index (Phi) is 5.54. The Morgan fingerprint density at radius 1 is 1.22 bits per heavy atom. The molecule has 1 fully saturated rings. The van der Waals surface area contributed by atoms with Gasteiger partial charge in [0.05, 0.1) is 16.7 Å². The third-order valence-corrected chi connectivity index (χ3v) is 5.66. The molecular weight excluding hydrogens is 338 g/mol. The largest absolute Gasteiger partial charge is 0.388 e. The lowest BCUT2D eigenvalue weighted by molar-refractivity contribution is 0.00305. The molecule has 1 aliphatic heterocycles. The van der Waals surface area contributed by atoms with Crippen molar-refractivity contribution in [1.29, 1.82) is 0 Å². The van der Waals surface area contributed by atoms with Crippen LogP contribution in [-0.2, 0) is 0 Å². The number of pyridine rings is 1. The number of nitrogens with zero attached hydrogens (tertiary/aromatic N) is 3. The second-order valence-corrected chi connectivity index (χ2v) is 8.33. The van der Waals surface area contributed by atoms with Crippen LogP contribution in [0.2, 0.25) is 0 Å². The van der Waals surface area contributed by atoms with Crippen LogP contribution < -0.4 is 0 Å². The fourth-order valence-electron chi connectivity index (χ4n) is 4.16. The van der Waals surface area contributed by atoms with E-state index in [1.165, 1.54) is 0 Å². The first-order valence-corrected chi connectivity index (χ1v) is 9.74. The van der Waals surface area contributed by atoms with Gasteiger partial charge in [-0.2, -0.15) is 0 Å². The summed E-state index contributed by atoms with van der Waals surface area (Å²) >= 11 is 0. The quantitative estimate of drug-likeness (QED) is 0.903. The predicted octanol–water partition coefficient (Wildman–Crippen LogP) is 3.08. The first kappa shape index (κ1) is 19.8. The van der Waals surface area contributed by atoms with Crippen LogP contribution in [0.5, 0.6) is 0 Å². The number of likely N-dealkylation sites (tertiary alicyclic amines) is 1. The van der Waals surface area contributed by atoms with Crippen molar-refractivity contribution < 1.29 is 9.90 Å². The van der Waals surface area contributed by atoms with Gasteiger partial charge in [0.25, 0.3) is 5.91 Å². The van der Waals surface area contributed by atoms with E-state index in [2.05, 4.69) is 11.1 Å². The molecule has 0 spiro atoms. The fourth-order valence-corrected chi connectivity index (χ4v) is 4.16. The third-order valence-electron chi connectivity index (χ3n) is 5.66. The Morgan fingerprint density at radius 3 is 2.67 bits per heavy atom. The van der Waals surface area contributed by atoms with Crippen molar-refractivity contribution in [2.75, 3.05) is 33.7 Å². The highest BCUT2D eigenvalue weighted by molar-refractivity contribution is 6.07. The summed E-state index contributed by atoms with van der Waals surface area (Å²) in [5, 5.41) is 11.8. The second kappa shape index (κ2) is 7.56. The topological polar surface area (TPSA) is 56.7 Å². The number of aliphatic hydroxyl groups is 1. The highest BCUT2D eigenvalue weighted by Crippen LogP contribution is 2.28. The van der Waals surface area contributed by atoms with Gasteiger partial charge in [0, 0.05) is 30.7 Å². The van der Waals surface area contributed by atoms with Crippen molar-refractivity contribution in [3.8, 4) is 0 Å². The van der Waals surface area contributed by atoms with Crippen LogP contribution in [0.4, 0.5) is 0 Å². The van der Waals surface area contributed by atoms with Gasteiger partial charge in [-0.15, -0.1) is 0 Å². The molecule has 1 aliphatic rings. The van der Waals surface area contributed by atoms with Crippen molar-refractivity contribution >= 4 is 16.8 Å². The van der Waals surface area contributed by atoms with Crippen LogP contribution in [0.3, 0.4) is 0 Å². The number of aryl methyl sites for hydroxylation is 2. The van der Waals surface area contributed by atoms with Crippen LogP contribution in [0.15, 0.2) is 18.2 Å². The maximum absolute atomic E-state index is 13.5. The molecule has 2 heterocycles. The van der Waals surface area contributed by atoms with Gasteiger partial charge < -0.3 is 14.9 Å². The molecule has 27 heavy (non-hydrogen) atoms. The van der Waals surface area contributed by atoms with Gasteiger partial charge in [-0.05, 0) is 71.8 Å². The third kappa shape index (κ3) is 4.14. The average molecular weight is 370 g/mol. The van der Waals surface area contributed by atoms with Crippen LogP contribution in [0.1, 0.15) is 46.4 Å². The first-order valence-electron chi connectivity index (χ1n) is 9.74. The van der Waals surface area contributed by atoms with E-state index in [-0.39, 0.29) is 5.91 Å². The number of carbonyl (C=O) groups is 1. The zero-order valence-corrected chi connectivity index (χ0v) is 17.2. The second-order valence-electron chi connectivity index (χ2n) is 8.33. The molecule has 5 nitrogen and oxygen atoms in total. The highest BCUT2D eigenvalue weighted by Gasteiger charge is 2.33. The molecule has 1 saturated heterocycles. The van der Waals surface area contributed by atoms with E-state index < -0.39 is 5.60 Å². The lowest BCUT2D eigenvalue weighted by Gasteiger charge is -2.30. The molecule has 1 amide bonds. The molecule has 0 aliphatic carbocycles. The Labute approximate surface area is 162 Å². The molecule has 0 radical (unpaired) electrons. The summed E-state index contributed by atoms with van der Waals surface area (Å²) in [5.41, 5.74) is 3.88. The van der Waals surface area contributed by atoms with E-state index in [4.69, 9.17) is 0 Å². The molecule has 146 valence electrons. The summed E-state index contributed by atoms with van der Waals surface area (Å²) in [5.74, 6) is 0.0581. The highest BCUT2D eigenvalue weighted by atomic mass is 16.3. The van der Waals surface area contributed by atoms with Gasteiger partial charge >= 0.3 is 0 Å². The number of aromatic nitrogens is 1. The molecule has 3 rings (SSSR count). The van der Waals surface area contributed by atoms with Crippen LogP contribution in [-0.4, -0.2) is 65.1 Å². The summed E-state index contributed by atoms with van der Waals surface area (Å²) in [6.45, 7) is 7.88. The Hall–Kier alpha value is -1.98. The molecular formula is C22H31N3O2. The average Bonchev–Trinajstić information content (AvgIpc) is 2.77. The van der Waals surface area contributed by atoms with Crippen molar-refractivity contribution in [2.45, 2.75) is 45.6 Å². The van der Waals surface area contributed by atoms with E-state index in [0.717, 1.165) is 46.1 Å². The van der Waals surface area contributed by atoms with E-state index in [1.54, 1.807) is 0 Å². The number of benzene rings is 1. The van der Waals surface area contributed by atoms with Crippen molar-refractivity contribution in [2.24, 2.45) is 0 Å². The number of rotatable bonds is 3. The van der Waals surface area contributed by atoms with Crippen LogP contribution in [0.25, 0.3) is 10.9 Å². The normalized spacial score (nSPS) is 20.9. The van der Waals surface area contributed by atoms with Gasteiger partial charge in [0.15, 0.2) is 0 Å². The maximum Gasteiger partial charge on any atom is 0.254 e.